The maximum Gasteiger partial charge on any atom is 0.455 e. The highest BCUT2D eigenvalue weighted by Gasteiger charge is 2.45. The van der Waals surface area contributed by atoms with Crippen molar-refractivity contribution in [3.63, 3.8) is 0 Å². The zero-order chi connectivity index (χ0) is 13.0. The van der Waals surface area contributed by atoms with Crippen molar-refractivity contribution in [3.05, 3.63) is 35.9 Å². The smallest absolute Gasteiger partial charge is 0.445 e. The van der Waals surface area contributed by atoms with E-state index in [4.69, 9.17) is 14.8 Å². The highest BCUT2D eigenvalue weighted by molar-refractivity contribution is 6.44. The van der Waals surface area contributed by atoms with Gasteiger partial charge in [-0.15, -0.1) is 0 Å². The van der Waals surface area contributed by atoms with E-state index in [9.17, 15) is 4.79 Å². The number of benzene rings is 1. The van der Waals surface area contributed by atoms with E-state index in [1.54, 1.807) is 0 Å². The Bertz CT molecular complexity index is 398. The molecule has 0 radical (unpaired) electrons. The van der Waals surface area contributed by atoms with Crippen molar-refractivity contribution >= 4 is 13.2 Å². The number of carbonyl (C=O) groups is 1. The Balaban J connectivity index is 1.62. The van der Waals surface area contributed by atoms with Crippen LogP contribution in [0.1, 0.15) is 12.0 Å². The van der Waals surface area contributed by atoms with E-state index in [0.29, 0.717) is 6.54 Å². The molecule has 1 aliphatic rings. The lowest BCUT2D eigenvalue weighted by atomic mass is 9.82. The zero-order valence-corrected chi connectivity index (χ0v) is 9.95. The lowest BCUT2D eigenvalue weighted by Crippen LogP contribution is -2.27. The minimum atomic E-state index is -1.28. The summed E-state index contributed by atoms with van der Waals surface area (Å²) in [7, 11) is -1.28. The van der Waals surface area contributed by atoms with Crippen molar-refractivity contribution in [2.75, 3.05) is 6.54 Å². The van der Waals surface area contributed by atoms with Crippen LogP contribution in [0.4, 0.5) is 4.79 Å². The minimum Gasteiger partial charge on any atom is -0.445 e. The third-order valence-electron chi connectivity index (χ3n) is 3.08. The zero-order valence-electron chi connectivity index (χ0n) is 9.95. The van der Waals surface area contributed by atoms with Crippen LogP contribution in [0, 0.1) is 5.92 Å². The maximum atomic E-state index is 11.4. The van der Waals surface area contributed by atoms with Crippen molar-refractivity contribution in [1.82, 2.24) is 5.32 Å². The quantitative estimate of drug-likeness (QED) is 0.673. The normalized spacial score (nSPS) is 21.2. The maximum absolute atomic E-state index is 11.4. The Morgan fingerprint density at radius 2 is 2.11 bits per heavy atom. The number of carbonyl (C=O) groups excluding carboxylic acids is 1. The predicted octanol–water partition coefficient (Wildman–Crippen LogP) is 0.776. The average Bonchev–Trinajstić information content (AvgIpc) is 3.15. The molecule has 1 aliphatic carbocycles. The Morgan fingerprint density at radius 3 is 2.72 bits per heavy atom. The molecule has 1 fully saturated rings. The average molecular weight is 249 g/mol. The van der Waals surface area contributed by atoms with Gasteiger partial charge in [0.25, 0.3) is 0 Å². The number of alkyl carbamates (subject to hydrolysis) is 1. The standard InChI is InChI=1S/C12H16BNO4/c15-12(14-7-10-6-11(10)13(16)17)18-8-9-4-2-1-3-5-9/h1-5,10-11,16-17H,6-8H2,(H,14,15)/t10-,11+/m1/s1. The molecule has 1 aromatic carbocycles. The number of rotatable bonds is 5. The SMILES string of the molecule is O=C(NC[C@H]1C[C@@H]1B(O)O)OCc1ccccc1. The molecule has 0 saturated heterocycles. The number of amides is 1. The van der Waals surface area contributed by atoms with Crippen LogP contribution in [0.5, 0.6) is 0 Å². The second-order valence-electron chi connectivity index (χ2n) is 4.52. The van der Waals surface area contributed by atoms with Gasteiger partial charge in [-0.25, -0.2) is 4.79 Å². The first-order chi connectivity index (χ1) is 8.66. The van der Waals surface area contributed by atoms with Crippen LogP contribution < -0.4 is 5.32 Å². The fraction of sp³-hybridized carbons (Fsp3) is 0.417. The monoisotopic (exact) mass is 249 g/mol. The molecule has 6 heteroatoms. The van der Waals surface area contributed by atoms with Gasteiger partial charge in [-0.1, -0.05) is 30.3 Å². The van der Waals surface area contributed by atoms with Gasteiger partial charge < -0.3 is 20.1 Å². The number of hydrogen-bond acceptors (Lipinski definition) is 4. The van der Waals surface area contributed by atoms with E-state index in [0.717, 1.165) is 12.0 Å². The summed E-state index contributed by atoms with van der Waals surface area (Å²) in [5.41, 5.74) is 0.933. The summed E-state index contributed by atoms with van der Waals surface area (Å²) in [6, 6.07) is 9.43. The first kappa shape index (κ1) is 12.9. The molecule has 1 aromatic rings. The molecule has 96 valence electrons. The third kappa shape index (κ3) is 3.75. The molecule has 3 N–H and O–H groups in total. The van der Waals surface area contributed by atoms with Crippen LogP contribution in [0.15, 0.2) is 30.3 Å². The molecule has 5 nitrogen and oxygen atoms in total. The molecule has 2 atom stereocenters. The minimum absolute atomic E-state index is 0.112. The lowest BCUT2D eigenvalue weighted by Gasteiger charge is -2.06. The summed E-state index contributed by atoms with van der Waals surface area (Å²) < 4.78 is 5.03. The van der Waals surface area contributed by atoms with Crippen molar-refractivity contribution in [2.24, 2.45) is 5.92 Å². The third-order valence-corrected chi connectivity index (χ3v) is 3.08. The van der Waals surface area contributed by atoms with Crippen LogP contribution in [0.25, 0.3) is 0 Å². The summed E-state index contributed by atoms with van der Waals surface area (Å²) >= 11 is 0. The molecule has 0 spiro atoms. The fourth-order valence-electron chi connectivity index (χ4n) is 1.86. The second-order valence-corrected chi connectivity index (χ2v) is 4.52. The Labute approximate surface area is 106 Å². The van der Waals surface area contributed by atoms with Gasteiger partial charge in [-0.2, -0.15) is 0 Å². The molecule has 2 rings (SSSR count). The highest BCUT2D eigenvalue weighted by atomic mass is 16.5. The molecule has 0 aromatic heterocycles. The van der Waals surface area contributed by atoms with Crippen LogP contribution in [-0.4, -0.2) is 29.8 Å². The van der Waals surface area contributed by atoms with E-state index < -0.39 is 13.2 Å². The van der Waals surface area contributed by atoms with Gasteiger partial charge in [0.2, 0.25) is 0 Å². The first-order valence-electron chi connectivity index (χ1n) is 5.97. The molecule has 0 bridgehead atoms. The lowest BCUT2D eigenvalue weighted by molar-refractivity contribution is 0.139. The van der Waals surface area contributed by atoms with Gasteiger partial charge in [-0.05, 0) is 23.7 Å². The van der Waals surface area contributed by atoms with Crippen molar-refractivity contribution in [3.8, 4) is 0 Å². The first-order valence-corrected chi connectivity index (χ1v) is 5.97. The number of ether oxygens (including phenoxy) is 1. The van der Waals surface area contributed by atoms with Gasteiger partial charge in [0.1, 0.15) is 6.61 Å². The van der Waals surface area contributed by atoms with Crippen LogP contribution in [-0.2, 0) is 11.3 Å². The molecule has 1 amide bonds. The number of nitrogens with one attached hydrogen (secondary N) is 1. The van der Waals surface area contributed by atoms with Gasteiger partial charge >= 0.3 is 13.2 Å². The molecule has 0 heterocycles. The van der Waals surface area contributed by atoms with Crippen LogP contribution in [0.2, 0.25) is 5.82 Å². The van der Waals surface area contributed by atoms with E-state index in [1.807, 2.05) is 30.3 Å². The summed E-state index contributed by atoms with van der Waals surface area (Å²) in [5, 5.41) is 20.4. The van der Waals surface area contributed by atoms with Gasteiger partial charge in [0.15, 0.2) is 0 Å². The van der Waals surface area contributed by atoms with E-state index in [2.05, 4.69) is 5.32 Å². The molecular weight excluding hydrogens is 233 g/mol. The van der Waals surface area contributed by atoms with Crippen molar-refractivity contribution < 1.29 is 19.6 Å². The summed E-state index contributed by atoms with van der Waals surface area (Å²) in [6.45, 7) is 0.666. The fourth-order valence-corrected chi connectivity index (χ4v) is 1.86. The Morgan fingerprint density at radius 1 is 1.39 bits per heavy atom. The molecule has 0 aliphatic heterocycles. The number of hydrogen-bond donors (Lipinski definition) is 3. The topological polar surface area (TPSA) is 78.8 Å². The Kier molecular flexibility index (Phi) is 4.22. The second kappa shape index (κ2) is 5.88. The van der Waals surface area contributed by atoms with E-state index in [-0.39, 0.29) is 18.3 Å². The summed E-state index contributed by atoms with van der Waals surface area (Å²) in [4.78, 5) is 11.4. The molecular formula is C12H16BNO4. The summed E-state index contributed by atoms with van der Waals surface area (Å²) in [5.74, 6) is 0.0358. The van der Waals surface area contributed by atoms with E-state index >= 15 is 0 Å². The Hall–Kier alpha value is -1.53. The largest absolute Gasteiger partial charge is 0.455 e. The van der Waals surface area contributed by atoms with E-state index in [1.165, 1.54) is 0 Å². The molecule has 0 unspecified atom stereocenters. The summed E-state index contributed by atoms with van der Waals surface area (Å²) in [6.07, 6.45) is 0.258. The van der Waals surface area contributed by atoms with Crippen molar-refractivity contribution in [1.29, 1.82) is 0 Å². The molecule has 18 heavy (non-hydrogen) atoms. The van der Waals surface area contributed by atoms with Gasteiger partial charge in [-0.3, -0.25) is 0 Å². The molecule has 1 saturated carbocycles. The van der Waals surface area contributed by atoms with Crippen molar-refractivity contribution in [2.45, 2.75) is 18.8 Å². The van der Waals surface area contributed by atoms with Gasteiger partial charge in [0, 0.05) is 6.54 Å². The van der Waals surface area contributed by atoms with Crippen LogP contribution in [0.3, 0.4) is 0 Å². The van der Waals surface area contributed by atoms with Gasteiger partial charge in [0.05, 0.1) is 0 Å². The highest BCUT2D eigenvalue weighted by Crippen LogP contribution is 2.45. The van der Waals surface area contributed by atoms with Crippen LogP contribution >= 0.6 is 0 Å². The predicted molar refractivity (Wildman–Crippen MR) is 66.7 cm³/mol.